The number of aromatic nitrogens is 1. The minimum Gasteiger partial charge on any atom is -0.507 e. The number of benzene rings is 3. The van der Waals surface area contributed by atoms with Crippen molar-refractivity contribution in [1.29, 1.82) is 0 Å². The summed E-state index contributed by atoms with van der Waals surface area (Å²) < 4.78 is 29.7. The Hall–Kier alpha value is -4.77. The summed E-state index contributed by atoms with van der Waals surface area (Å²) in [4.78, 5) is 33.7. The van der Waals surface area contributed by atoms with Gasteiger partial charge >= 0.3 is 5.91 Å². The third kappa shape index (κ3) is 5.87. The number of fused-ring (bicyclic) bond motifs is 2. The molecule has 1 fully saturated rings. The lowest BCUT2D eigenvalue weighted by Gasteiger charge is -2.24. The molecule has 45 heavy (non-hydrogen) atoms. The van der Waals surface area contributed by atoms with E-state index in [4.69, 9.17) is 28.7 Å². The van der Waals surface area contributed by atoms with Gasteiger partial charge in [0.1, 0.15) is 24.7 Å². The number of hydrogen-bond acceptors (Lipinski definition) is 10. The number of rotatable bonds is 11. The molecule has 1 N–H and O–H groups in total. The second-order valence-electron chi connectivity index (χ2n) is 10.4. The van der Waals surface area contributed by atoms with Crippen LogP contribution in [0.15, 0.2) is 60.2 Å². The molecule has 1 atom stereocenters. The number of carbonyl (C=O) groups is 2. The number of anilines is 1. The van der Waals surface area contributed by atoms with Gasteiger partial charge in [-0.15, -0.1) is 0 Å². The first-order valence-electron chi connectivity index (χ1n) is 15.1. The number of ketones is 1. The van der Waals surface area contributed by atoms with E-state index in [2.05, 4.69) is 6.92 Å². The molecular formula is C34H34N2O8S. The molecular weight excluding hydrogens is 596 g/mol. The van der Waals surface area contributed by atoms with E-state index in [0.717, 1.165) is 17.5 Å². The zero-order valence-corrected chi connectivity index (χ0v) is 26.1. The summed E-state index contributed by atoms with van der Waals surface area (Å²) in [5.41, 5.74) is 1.44. The van der Waals surface area contributed by atoms with Crippen LogP contribution >= 0.6 is 11.3 Å². The maximum atomic E-state index is 13.8. The molecule has 2 aliphatic heterocycles. The Balaban J connectivity index is 1.50. The molecule has 11 heteroatoms. The van der Waals surface area contributed by atoms with Crippen molar-refractivity contribution in [2.24, 2.45) is 0 Å². The van der Waals surface area contributed by atoms with Gasteiger partial charge in [0.15, 0.2) is 28.1 Å². The molecule has 10 nitrogen and oxygen atoms in total. The lowest BCUT2D eigenvalue weighted by Crippen LogP contribution is -2.29. The molecule has 4 aromatic rings. The van der Waals surface area contributed by atoms with Crippen LogP contribution in [0.4, 0.5) is 5.13 Å². The van der Waals surface area contributed by atoms with Gasteiger partial charge in [0.2, 0.25) is 0 Å². The number of amides is 1. The third-order valence-corrected chi connectivity index (χ3v) is 8.48. The fourth-order valence-corrected chi connectivity index (χ4v) is 6.37. The second-order valence-corrected chi connectivity index (χ2v) is 11.4. The molecule has 0 spiro atoms. The Kier molecular flexibility index (Phi) is 8.79. The van der Waals surface area contributed by atoms with Gasteiger partial charge in [0.05, 0.1) is 41.7 Å². The van der Waals surface area contributed by atoms with Gasteiger partial charge in [0, 0.05) is 5.56 Å². The molecule has 2 aliphatic rings. The lowest BCUT2D eigenvalue weighted by atomic mass is 9.95. The van der Waals surface area contributed by atoms with E-state index in [1.54, 1.807) is 36.4 Å². The van der Waals surface area contributed by atoms with Gasteiger partial charge in [-0.1, -0.05) is 30.7 Å². The van der Waals surface area contributed by atoms with Crippen LogP contribution in [0.1, 0.15) is 50.8 Å². The van der Waals surface area contributed by atoms with Gasteiger partial charge in [-0.2, -0.15) is 0 Å². The topological polar surface area (TPSA) is 117 Å². The van der Waals surface area contributed by atoms with Crippen LogP contribution in [0.3, 0.4) is 0 Å². The fourth-order valence-electron chi connectivity index (χ4n) is 5.35. The SMILES string of the molecule is CCCCOc1ccc([C@H]2C(=C(O)c3ccc4c(c3)OCCO4)C(=O)C(=O)N2c2nc3ccc(OCC)cc3s2)cc1OCC. The molecule has 3 heterocycles. The van der Waals surface area contributed by atoms with E-state index < -0.39 is 17.7 Å². The number of aliphatic hydroxyl groups is 1. The number of thiazole rings is 1. The molecule has 3 aromatic carbocycles. The monoisotopic (exact) mass is 630 g/mol. The van der Waals surface area contributed by atoms with E-state index in [1.165, 1.54) is 16.2 Å². The van der Waals surface area contributed by atoms with Gasteiger partial charge in [-0.05, 0) is 74.4 Å². The fraction of sp³-hybridized carbons (Fsp3) is 0.324. The average molecular weight is 631 g/mol. The second kappa shape index (κ2) is 13.1. The van der Waals surface area contributed by atoms with Crippen molar-refractivity contribution in [2.75, 3.05) is 37.9 Å². The highest BCUT2D eigenvalue weighted by molar-refractivity contribution is 7.22. The Morgan fingerprint density at radius 3 is 2.51 bits per heavy atom. The number of unbranched alkanes of at least 4 members (excludes halogenated alkanes) is 1. The highest BCUT2D eigenvalue weighted by Gasteiger charge is 2.48. The Morgan fingerprint density at radius 2 is 1.73 bits per heavy atom. The Bertz CT molecular complexity index is 1780. The molecule has 0 aliphatic carbocycles. The molecule has 0 unspecified atom stereocenters. The van der Waals surface area contributed by atoms with Gasteiger partial charge in [-0.25, -0.2) is 4.98 Å². The predicted octanol–water partition coefficient (Wildman–Crippen LogP) is 6.67. The molecule has 1 amide bonds. The predicted molar refractivity (Wildman–Crippen MR) is 171 cm³/mol. The van der Waals surface area contributed by atoms with Crippen LogP contribution in [0.5, 0.6) is 28.7 Å². The van der Waals surface area contributed by atoms with E-state index >= 15 is 0 Å². The van der Waals surface area contributed by atoms with E-state index in [0.29, 0.717) is 83.6 Å². The third-order valence-electron chi connectivity index (χ3n) is 7.46. The van der Waals surface area contributed by atoms with Gasteiger partial charge in [-0.3, -0.25) is 14.5 Å². The van der Waals surface area contributed by atoms with Gasteiger partial charge < -0.3 is 28.8 Å². The number of nitrogens with zero attached hydrogens (tertiary/aromatic N) is 2. The van der Waals surface area contributed by atoms with E-state index in [9.17, 15) is 14.7 Å². The maximum absolute atomic E-state index is 13.8. The minimum atomic E-state index is -1.01. The van der Waals surface area contributed by atoms with Crippen molar-refractivity contribution in [3.63, 3.8) is 0 Å². The van der Waals surface area contributed by atoms with Crippen molar-refractivity contribution in [1.82, 2.24) is 4.98 Å². The van der Waals surface area contributed by atoms with Crippen LogP contribution in [-0.4, -0.2) is 54.8 Å². The van der Waals surface area contributed by atoms with Crippen LogP contribution < -0.4 is 28.6 Å². The van der Waals surface area contributed by atoms with Crippen molar-refractivity contribution in [2.45, 2.75) is 39.7 Å². The van der Waals surface area contributed by atoms with Crippen LogP contribution in [0.2, 0.25) is 0 Å². The summed E-state index contributed by atoms with van der Waals surface area (Å²) in [6, 6.07) is 14.7. The van der Waals surface area contributed by atoms with Crippen LogP contribution in [0.25, 0.3) is 16.0 Å². The zero-order chi connectivity index (χ0) is 31.5. The molecule has 6 rings (SSSR count). The molecule has 1 aromatic heterocycles. The van der Waals surface area contributed by atoms with Crippen molar-refractivity contribution in [3.8, 4) is 28.7 Å². The normalized spacial score (nSPS) is 17.1. The summed E-state index contributed by atoms with van der Waals surface area (Å²) in [6.45, 7) is 8.04. The van der Waals surface area contributed by atoms with Crippen molar-refractivity contribution < 1.29 is 38.4 Å². The minimum absolute atomic E-state index is 0.0759. The summed E-state index contributed by atoms with van der Waals surface area (Å²) in [6.07, 6.45) is 1.86. The lowest BCUT2D eigenvalue weighted by molar-refractivity contribution is -0.132. The summed E-state index contributed by atoms with van der Waals surface area (Å²) >= 11 is 1.26. The quantitative estimate of drug-likeness (QED) is 0.0839. The van der Waals surface area contributed by atoms with Crippen molar-refractivity contribution in [3.05, 3.63) is 71.3 Å². The Labute approximate surface area is 264 Å². The summed E-state index contributed by atoms with van der Waals surface area (Å²) in [5, 5.41) is 12.0. The average Bonchev–Trinajstić information content (AvgIpc) is 3.58. The Morgan fingerprint density at radius 1 is 0.933 bits per heavy atom. The number of aliphatic hydroxyl groups excluding tert-OH is 1. The first-order chi connectivity index (χ1) is 21.9. The number of Topliss-reactive ketones (excluding diaryl/α,β-unsaturated/α-hetero) is 1. The first kappa shape index (κ1) is 30.3. The zero-order valence-electron chi connectivity index (χ0n) is 25.3. The maximum Gasteiger partial charge on any atom is 0.301 e. The van der Waals surface area contributed by atoms with Crippen LogP contribution in [0, 0.1) is 0 Å². The molecule has 0 radical (unpaired) electrons. The standard InChI is InChI=1S/C34H34N2O8S/c1-4-7-14-42-24-12-8-20(17-26(24)41-6-3)30-29(31(37)21-9-13-25-27(18-21)44-16-15-43-25)32(38)33(39)36(30)34-35-23-11-10-22(40-5-2)19-28(23)45-34/h8-13,17-19,30,37H,4-7,14-16H2,1-3H3/t30-/m0/s1. The summed E-state index contributed by atoms with van der Waals surface area (Å²) in [7, 11) is 0. The number of ether oxygens (including phenoxy) is 5. The van der Waals surface area contributed by atoms with Crippen molar-refractivity contribution >= 4 is 44.1 Å². The number of hydrogen-bond donors (Lipinski definition) is 1. The van der Waals surface area contributed by atoms with E-state index in [1.807, 2.05) is 32.0 Å². The highest BCUT2D eigenvalue weighted by atomic mass is 32.1. The van der Waals surface area contributed by atoms with E-state index in [-0.39, 0.29) is 11.3 Å². The van der Waals surface area contributed by atoms with Crippen LogP contribution in [-0.2, 0) is 9.59 Å². The number of carbonyl (C=O) groups excluding carboxylic acids is 2. The first-order valence-corrected chi connectivity index (χ1v) is 15.9. The molecule has 1 saturated heterocycles. The molecule has 0 saturated carbocycles. The van der Waals surface area contributed by atoms with Gasteiger partial charge in [0.25, 0.3) is 5.78 Å². The summed E-state index contributed by atoms with van der Waals surface area (Å²) in [5.74, 6) is 0.724. The largest absolute Gasteiger partial charge is 0.507 e. The highest BCUT2D eigenvalue weighted by Crippen LogP contribution is 2.47. The smallest absolute Gasteiger partial charge is 0.301 e. The molecule has 0 bridgehead atoms. The molecule has 234 valence electrons.